The fourth-order valence-corrected chi connectivity index (χ4v) is 2.50. The van der Waals surface area contributed by atoms with E-state index >= 15 is 0 Å². The molecule has 0 aliphatic carbocycles. The molecule has 0 bridgehead atoms. The summed E-state index contributed by atoms with van der Waals surface area (Å²) in [6.07, 6.45) is 6.60. The molecule has 0 aromatic carbocycles. The van der Waals surface area contributed by atoms with Gasteiger partial charge in [0.1, 0.15) is 11.9 Å². The Morgan fingerprint density at radius 3 is 3.00 bits per heavy atom. The first kappa shape index (κ1) is 11.8. The van der Waals surface area contributed by atoms with Gasteiger partial charge in [0, 0.05) is 24.4 Å². The molecule has 0 saturated carbocycles. The normalized spacial score (nSPS) is 18.6. The average Bonchev–Trinajstić information content (AvgIpc) is 2.72. The van der Waals surface area contributed by atoms with Gasteiger partial charge in [0.25, 0.3) is 0 Å². The van der Waals surface area contributed by atoms with Gasteiger partial charge in [-0.15, -0.1) is 10.2 Å². The fraction of sp³-hybridized carbons (Fsp3) is 0.385. The number of pyridine rings is 1. The lowest BCUT2D eigenvalue weighted by atomic mass is 10.1. The SMILES string of the molecule is O=C(O)[C@@H]1CCCCc2nnc(-c3cccnc3)n21. The number of fused-ring (bicyclic) bond motifs is 1. The molecular weight excluding hydrogens is 244 g/mol. The number of hydrogen-bond donors (Lipinski definition) is 1. The molecule has 3 heterocycles. The molecule has 6 heteroatoms. The maximum atomic E-state index is 11.5. The lowest BCUT2D eigenvalue weighted by Gasteiger charge is -2.15. The average molecular weight is 258 g/mol. The van der Waals surface area contributed by atoms with Gasteiger partial charge in [0.15, 0.2) is 5.82 Å². The molecule has 1 N–H and O–H groups in total. The zero-order chi connectivity index (χ0) is 13.2. The Bertz CT molecular complexity index is 594. The Kier molecular flexibility index (Phi) is 2.98. The molecule has 0 amide bonds. The Morgan fingerprint density at radius 1 is 1.37 bits per heavy atom. The van der Waals surface area contributed by atoms with Crippen molar-refractivity contribution in [2.24, 2.45) is 0 Å². The summed E-state index contributed by atoms with van der Waals surface area (Å²) < 4.78 is 1.76. The van der Waals surface area contributed by atoms with E-state index < -0.39 is 12.0 Å². The summed E-state index contributed by atoms with van der Waals surface area (Å²) in [5.41, 5.74) is 0.800. The third-order valence-corrected chi connectivity index (χ3v) is 3.41. The summed E-state index contributed by atoms with van der Waals surface area (Å²) in [6.45, 7) is 0. The van der Waals surface area contributed by atoms with Gasteiger partial charge in [-0.2, -0.15) is 0 Å². The highest BCUT2D eigenvalue weighted by atomic mass is 16.4. The van der Waals surface area contributed by atoms with Crippen LogP contribution in [0.4, 0.5) is 0 Å². The largest absolute Gasteiger partial charge is 0.480 e. The Hall–Kier alpha value is -2.24. The van der Waals surface area contributed by atoms with Crippen molar-refractivity contribution in [3.05, 3.63) is 30.4 Å². The summed E-state index contributed by atoms with van der Waals surface area (Å²) in [5.74, 6) is 0.522. The Balaban J connectivity index is 2.13. The van der Waals surface area contributed by atoms with Gasteiger partial charge in [-0.3, -0.25) is 9.55 Å². The molecule has 0 unspecified atom stereocenters. The number of aromatic nitrogens is 4. The summed E-state index contributed by atoms with van der Waals surface area (Å²) in [4.78, 5) is 15.5. The number of nitrogens with zero attached hydrogens (tertiary/aromatic N) is 4. The third-order valence-electron chi connectivity index (χ3n) is 3.41. The number of aryl methyl sites for hydroxylation is 1. The van der Waals surface area contributed by atoms with Crippen LogP contribution >= 0.6 is 0 Å². The molecule has 0 fully saturated rings. The van der Waals surface area contributed by atoms with Crippen molar-refractivity contribution in [2.75, 3.05) is 0 Å². The minimum absolute atomic E-state index is 0.581. The van der Waals surface area contributed by atoms with Crippen LogP contribution in [-0.4, -0.2) is 30.8 Å². The molecule has 6 nitrogen and oxygen atoms in total. The highest BCUT2D eigenvalue weighted by molar-refractivity contribution is 5.73. The van der Waals surface area contributed by atoms with Gasteiger partial charge in [0.05, 0.1) is 0 Å². The van der Waals surface area contributed by atoms with Crippen molar-refractivity contribution in [1.82, 2.24) is 19.7 Å². The topological polar surface area (TPSA) is 80.9 Å². The van der Waals surface area contributed by atoms with E-state index in [2.05, 4.69) is 15.2 Å². The van der Waals surface area contributed by atoms with Crippen LogP contribution in [0.1, 0.15) is 31.1 Å². The Labute approximate surface area is 110 Å². The summed E-state index contributed by atoms with van der Waals surface area (Å²) in [5, 5.41) is 17.7. The lowest BCUT2D eigenvalue weighted by molar-refractivity contribution is -0.141. The van der Waals surface area contributed by atoms with Crippen LogP contribution in [0.2, 0.25) is 0 Å². The van der Waals surface area contributed by atoms with E-state index in [-0.39, 0.29) is 0 Å². The molecule has 1 aliphatic rings. The van der Waals surface area contributed by atoms with Crippen molar-refractivity contribution in [1.29, 1.82) is 0 Å². The number of hydrogen-bond acceptors (Lipinski definition) is 4. The number of rotatable bonds is 2. The molecule has 98 valence electrons. The van der Waals surface area contributed by atoms with Gasteiger partial charge in [-0.25, -0.2) is 4.79 Å². The van der Waals surface area contributed by atoms with Crippen molar-refractivity contribution in [3.8, 4) is 11.4 Å². The van der Waals surface area contributed by atoms with E-state index in [1.807, 2.05) is 12.1 Å². The van der Waals surface area contributed by atoms with Gasteiger partial charge < -0.3 is 5.11 Å². The van der Waals surface area contributed by atoms with Gasteiger partial charge in [-0.1, -0.05) is 6.42 Å². The van der Waals surface area contributed by atoms with E-state index in [4.69, 9.17) is 0 Å². The van der Waals surface area contributed by atoms with Crippen LogP contribution in [0.5, 0.6) is 0 Å². The molecule has 1 atom stereocenters. The first-order valence-corrected chi connectivity index (χ1v) is 6.34. The van der Waals surface area contributed by atoms with Crippen LogP contribution in [0.25, 0.3) is 11.4 Å². The highest BCUT2D eigenvalue weighted by Gasteiger charge is 2.28. The number of carboxylic acid groups (broad SMARTS) is 1. The number of carbonyl (C=O) groups is 1. The molecular formula is C13H14N4O2. The molecule has 3 rings (SSSR count). The summed E-state index contributed by atoms with van der Waals surface area (Å²) >= 11 is 0. The maximum Gasteiger partial charge on any atom is 0.326 e. The minimum atomic E-state index is -0.826. The van der Waals surface area contributed by atoms with Crippen molar-refractivity contribution in [2.45, 2.75) is 31.7 Å². The number of aliphatic carboxylic acids is 1. The molecule has 0 saturated heterocycles. The minimum Gasteiger partial charge on any atom is -0.480 e. The number of carboxylic acids is 1. The second-order valence-corrected chi connectivity index (χ2v) is 4.65. The molecule has 2 aromatic rings. The molecule has 0 radical (unpaired) electrons. The van der Waals surface area contributed by atoms with Crippen LogP contribution in [0.15, 0.2) is 24.5 Å². The monoisotopic (exact) mass is 258 g/mol. The van der Waals surface area contributed by atoms with Crippen LogP contribution in [0, 0.1) is 0 Å². The quantitative estimate of drug-likeness (QED) is 0.886. The van der Waals surface area contributed by atoms with E-state index in [0.717, 1.165) is 30.7 Å². The first-order chi connectivity index (χ1) is 9.27. The Morgan fingerprint density at radius 2 is 2.26 bits per heavy atom. The van der Waals surface area contributed by atoms with Crippen LogP contribution in [-0.2, 0) is 11.2 Å². The van der Waals surface area contributed by atoms with Gasteiger partial charge in [-0.05, 0) is 25.0 Å². The molecule has 19 heavy (non-hydrogen) atoms. The standard InChI is InChI=1S/C13H14N4O2/c18-13(19)10-5-1-2-6-11-15-16-12(17(10)11)9-4-3-7-14-8-9/h3-4,7-8,10H,1-2,5-6H2,(H,18,19)/t10-/m0/s1. The zero-order valence-corrected chi connectivity index (χ0v) is 10.4. The van der Waals surface area contributed by atoms with Crippen LogP contribution in [0.3, 0.4) is 0 Å². The molecule has 2 aromatic heterocycles. The van der Waals surface area contributed by atoms with Crippen molar-refractivity contribution in [3.63, 3.8) is 0 Å². The first-order valence-electron chi connectivity index (χ1n) is 6.34. The maximum absolute atomic E-state index is 11.5. The molecule has 0 spiro atoms. The van der Waals surface area contributed by atoms with Gasteiger partial charge >= 0.3 is 5.97 Å². The van der Waals surface area contributed by atoms with E-state index in [1.54, 1.807) is 17.0 Å². The van der Waals surface area contributed by atoms with E-state index in [0.29, 0.717) is 12.2 Å². The second kappa shape index (κ2) is 4.79. The summed E-state index contributed by atoms with van der Waals surface area (Å²) in [7, 11) is 0. The van der Waals surface area contributed by atoms with E-state index in [9.17, 15) is 9.90 Å². The van der Waals surface area contributed by atoms with Gasteiger partial charge in [0.2, 0.25) is 0 Å². The lowest BCUT2D eigenvalue weighted by Crippen LogP contribution is -2.20. The van der Waals surface area contributed by atoms with Crippen molar-refractivity contribution < 1.29 is 9.90 Å². The predicted octanol–water partition coefficient (Wildman–Crippen LogP) is 1.69. The zero-order valence-electron chi connectivity index (χ0n) is 10.4. The van der Waals surface area contributed by atoms with Crippen molar-refractivity contribution >= 4 is 5.97 Å². The predicted molar refractivity (Wildman–Crippen MR) is 67.5 cm³/mol. The van der Waals surface area contributed by atoms with Crippen LogP contribution < -0.4 is 0 Å². The fourth-order valence-electron chi connectivity index (χ4n) is 2.50. The highest BCUT2D eigenvalue weighted by Crippen LogP contribution is 2.29. The molecule has 1 aliphatic heterocycles. The second-order valence-electron chi connectivity index (χ2n) is 4.65. The van der Waals surface area contributed by atoms with E-state index in [1.165, 1.54) is 0 Å². The smallest absolute Gasteiger partial charge is 0.326 e. The third kappa shape index (κ3) is 2.09. The summed E-state index contributed by atoms with van der Waals surface area (Å²) in [6, 6.07) is 3.10.